The number of hydrogen-bond acceptors (Lipinski definition) is 2. The summed E-state index contributed by atoms with van der Waals surface area (Å²) in [7, 11) is 1.64. The number of nitrogens with one attached hydrogen (secondary N) is 1. The van der Waals surface area contributed by atoms with Crippen molar-refractivity contribution in [3.63, 3.8) is 0 Å². The maximum Gasteiger partial charge on any atom is 0.236 e. The molecule has 3 heteroatoms. The van der Waals surface area contributed by atoms with Crippen LogP contribution >= 0.6 is 0 Å². The van der Waals surface area contributed by atoms with Gasteiger partial charge in [0.05, 0.1) is 6.04 Å². The van der Waals surface area contributed by atoms with Crippen LogP contribution in [-0.4, -0.2) is 19.0 Å². The van der Waals surface area contributed by atoms with Gasteiger partial charge in [0.2, 0.25) is 5.91 Å². The van der Waals surface area contributed by atoms with Gasteiger partial charge >= 0.3 is 0 Å². The lowest BCUT2D eigenvalue weighted by Gasteiger charge is -2.14. The van der Waals surface area contributed by atoms with Gasteiger partial charge in [0.25, 0.3) is 0 Å². The average Bonchev–Trinajstić information content (AvgIpc) is 2.55. The highest BCUT2D eigenvalue weighted by atomic mass is 16.2. The van der Waals surface area contributed by atoms with Crippen molar-refractivity contribution in [2.24, 2.45) is 11.7 Å². The van der Waals surface area contributed by atoms with Crippen molar-refractivity contribution in [2.75, 3.05) is 7.05 Å². The van der Waals surface area contributed by atoms with E-state index in [1.165, 1.54) is 25.7 Å². The molecule has 1 amide bonds. The van der Waals surface area contributed by atoms with Crippen molar-refractivity contribution in [2.45, 2.75) is 38.1 Å². The van der Waals surface area contributed by atoms with E-state index in [0.29, 0.717) is 5.92 Å². The molecule has 0 saturated heterocycles. The molecule has 3 N–H and O–H groups in total. The predicted molar refractivity (Wildman–Crippen MR) is 48.6 cm³/mol. The third-order valence-corrected chi connectivity index (χ3v) is 2.65. The van der Waals surface area contributed by atoms with E-state index in [1.54, 1.807) is 7.05 Å². The monoisotopic (exact) mass is 170 g/mol. The van der Waals surface area contributed by atoms with Gasteiger partial charge in [-0.3, -0.25) is 4.79 Å². The molecule has 0 aromatic rings. The molecule has 0 aromatic heterocycles. The van der Waals surface area contributed by atoms with Crippen LogP contribution in [0.1, 0.15) is 32.1 Å². The molecule has 0 aliphatic heterocycles. The molecule has 3 nitrogen and oxygen atoms in total. The molecule has 1 unspecified atom stereocenters. The van der Waals surface area contributed by atoms with E-state index in [9.17, 15) is 4.79 Å². The quantitative estimate of drug-likeness (QED) is 0.653. The van der Waals surface area contributed by atoms with Gasteiger partial charge in [-0.15, -0.1) is 0 Å². The Labute approximate surface area is 73.7 Å². The molecule has 1 atom stereocenters. The zero-order valence-corrected chi connectivity index (χ0v) is 7.68. The van der Waals surface area contributed by atoms with Crippen LogP contribution in [0.3, 0.4) is 0 Å². The predicted octanol–water partition coefficient (Wildman–Crippen LogP) is 0.640. The van der Waals surface area contributed by atoms with Crippen molar-refractivity contribution in [1.82, 2.24) is 5.32 Å². The minimum atomic E-state index is -0.293. The second kappa shape index (κ2) is 4.45. The number of nitrogens with two attached hydrogens (primary N) is 1. The minimum Gasteiger partial charge on any atom is -0.358 e. The first kappa shape index (κ1) is 9.52. The Hall–Kier alpha value is -0.570. The van der Waals surface area contributed by atoms with Crippen LogP contribution in [-0.2, 0) is 4.79 Å². The summed E-state index contributed by atoms with van der Waals surface area (Å²) in [5.41, 5.74) is 5.70. The van der Waals surface area contributed by atoms with E-state index >= 15 is 0 Å². The third-order valence-electron chi connectivity index (χ3n) is 2.65. The molecule has 1 rings (SSSR count). The molecule has 70 valence electrons. The van der Waals surface area contributed by atoms with Crippen LogP contribution in [0.15, 0.2) is 0 Å². The molecule has 0 spiro atoms. The Morgan fingerprint density at radius 1 is 1.58 bits per heavy atom. The lowest BCUT2D eigenvalue weighted by Crippen LogP contribution is -2.39. The van der Waals surface area contributed by atoms with Crippen molar-refractivity contribution in [3.8, 4) is 0 Å². The molecule has 1 fully saturated rings. The van der Waals surface area contributed by atoms with Gasteiger partial charge in [0, 0.05) is 7.05 Å². The standard InChI is InChI=1S/C9H18N2O/c1-11-9(12)8(10)6-7-4-2-3-5-7/h7-8H,2-6,10H2,1H3,(H,11,12). The average molecular weight is 170 g/mol. The number of rotatable bonds is 3. The largest absolute Gasteiger partial charge is 0.358 e. The van der Waals surface area contributed by atoms with Crippen LogP contribution in [0.4, 0.5) is 0 Å². The molecule has 1 aliphatic carbocycles. The van der Waals surface area contributed by atoms with Crippen LogP contribution < -0.4 is 11.1 Å². The van der Waals surface area contributed by atoms with Gasteiger partial charge in [-0.1, -0.05) is 25.7 Å². The normalized spacial score (nSPS) is 20.8. The zero-order valence-electron chi connectivity index (χ0n) is 7.68. The molecule has 1 aliphatic rings. The SMILES string of the molecule is CNC(=O)C(N)CC1CCCC1. The topological polar surface area (TPSA) is 55.1 Å². The molecule has 0 radical (unpaired) electrons. The first-order valence-corrected chi connectivity index (χ1v) is 4.71. The van der Waals surface area contributed by atoms with E-state index < -0.39 is 0 Å². The fraction of sp³-hybridized carbons (Fsp3) is 0.889. The third kappa shape index (κ3) is 2.48. The number of amides is 1. The van der Waals surface area contributed by atoms with Gasteiger partial charge in [-0.05, 0) is 12.3 Å². The maximum absolute atomic E-state index is 11.1. The summed E-state index contributed by atoms with van der Waals surface area (Å²) in [6.45, 7) is 0. The molecule has 0 heterocycles. The highest BCUT2D eigenvalue weighted by molar-refractivity contribution is 5.81. The minimum absolute atomic E-state index is 0.0260. The Morgan fingerprint density at radius 2 is 2.17 bits per heavy atom. The van der Waals surface area contributed by atoms with Crippen LogP contribution in [0.5, 0.6) is 0 Å². The van der Waals surface area contributed by atoms with Gasteiger partial charge in [-0.25, -0.2) is 0 Å². The first-order valence-electron chi connectivity index (χ1n) is 4.71. The fourth-order valence-electron chi connectivity index (χ4n) is 1.90. The Kier molecular flexibility index (Phi) is 3.53. The van der Waals surface area contributed by atoms with Crippen molar-refractivity contribution in [1.29, 1.82) is 0 Å². The smallest absolute Gasteiger partial charge is 0.236 e. The summed E-state index contributed by atoms with van der Waals surface area (Å²) in [5, 5.41) is 2.57. The van der Waals surface area contributed by atoms with E-state index in [0.717, 1.165) is 6.42 Å². The Balaban J connectivity index is 2.24. The molecule has 0 bridgehead atoms. The summed E-state index contributed by atoms with van der Waals surface area (Å²) in [6.07, 6.45) is 5.99. The zero-order chi connectivity index (χ0) is 8.97. The van der Waals surface area contributed by atoms with E-state index in [2.05, 4.69) is 5.32 Å². The molecule has 12 heavy (non-hydrogen) atoms. The van der Waals surface area contributed by atoms with E-state index in [1.807, 2.05) is 0 Å². The lowest BCUT2D eigenvalue weighted by molar-refractivity contribution is -0.122. The Morgan fingerprint density at radius 3 is 2.67 bits per heavy atom. The van der Waals surface area contributed by atoms with Gasteiger partial charge in [0.1, 0.15) is 0 Å². The summed E-state index contributed by atoms with van der Waals surface area (Å²) >= 11 is 0. The van der Waals surface area contributed by atoms with Crippen LogP contribution in [0.25, 0.3) is 0 Å². The van der Waals surface area contributed by atoms with Gasteiger partial charge < -0.3 is 11.1 Å². The number of carbonyl (C=O) groups is 1. The van der Waals surface area contributed by atoms with Crippen molar-refractivity contribution < 1.29 is 4.79 Å². The highest BCUT2D eigenvalue weighted by Gasteiger charge is 2.21. The fourth-order valence-corrected chi connectivity index (χ4v) is 1.90. The van der Waals surface area contributed by atoms with E-state index in [-0.39, 0.29) is 11.9 Å². The Bertz CT molecular complexity index is 153. The summed E-state index contributed by atoms with van der Waals surface area (Å²) in [6, 6.07) is -0.293. The summed E-state index contributed by atoms with van der Waals surface area (Å²) < 4.78 is 0. The number of likely N-dealkylation sites (N-methyl/N-ethyl adjacent to an activating group) is 1. The van der Waals surface area contributed by atoms with E-state index in [4.69, 9.17) is 5.73 Å². The molecular formula is C9H18N2O. The van der Waals surface area contributed by atoms with Gasteiger partial charge in [-0.2, -0.15) is 0 Å². The first-order chi connectivity index (χ1) is 5.74. The molecule has 1 saturated carbocycles. The van der Waals surface area contributed by atoms with Crippen molar-refractivity contribution >= 4 is 5.91 Å². The van der Waals surface area contributed by atoms with Crippen molar-refractivity contribution in [3.05, 3.63) is 0 Å². The summed E-state index contributed by atoms with van der Waals surface area (Å²) in [5.74, 6) is 0.666. The summed E-state index contributed by atoms with van der Waals surface area (Å²) in [4.78, 5) is 11.1. The second-order valence-electron chi connectivity index (χ2n) is 3.61. The lowest BCUT2D eigenvalue weighted by atomic mass is 9.98. The number of carbonyl (C=O) groups excluding carboxylic acids is 1. The maximum atomic E-state index is 11.1. The molecule has 0 aromatic carbocycles. The molecular weight excluding hydrogens is 152 g/mol. The van der Waals surface area contributed by atoms with Crippen LogP contribution in [0.2, 0.25) is 0 Å². The number of hydrogen-bond donors (Lipinski definition) is 2. The highest BCUT2D eigenvalue weighted by Crippen LogP contribution is 2.28. The van der Waals surface area contributed by atoms with Crippen LogP contribution in [0, 0.1) is 5.92 Å². The second-order valence-corrected chi connectivity index (χ2v) is 3.61. The van der Waals surface area contributed by atoms with Gasteiger partial charge in [0.15, 0.2) is 0 Å².